The van der Waals surface area contributed by atoms with Crippen molar-refractivity contribution in [2.24, 2.45) is 0 Å². The van der Waals surface area contributed by atoms with Gasteiger partial charge in [-0.25, -0.2) is 10.9 Å². The summed E-state index contributed by atoms with van der Waals surface area (Å²) in [5.74, 6) is -0.523. The minimum absolute atomic E-state index is 0.0257. The van der Waals surface area contributed by atoms with E-state index in [1.165, 1.54) is 0 Å². The van der Waals surface area contributed by atoms with Crippen LogP contribution >= 0.6 is 0 Å². The van der Waals surface area contributed by atoms with Gasteiger partial charge in [0.25, 0.3) is 5.91 Å². The summed E-state index contributed by atoms with van der Waals surface area (Å²) < 4.78 is 5.83. The van der Waals surface area contributed by atoms with Crippen LogP contribution in [0.5, 0.6) is 5.75 Å². The highest BCUT2D eigenvalue weighted by Crippen LogP contribution is 2.35. The molecular weight excluding hydrogens is 444 g/mol. The number of phenols is 1. The molecule has 0 saturated carbocycles. The first-order valence-electron chi connectivity index (χ1n) is 11.4. The highest BCUT2D eigenvalue weighted by atomic mass is 16.3. The lowest BCUT2D eigenvalue weighted by molar-refractivity contribution is -0.117. The smallest absolute Gasteiger partial charge is 0.293 e. The highest BCUT2D eigenvalue weighted by molar-refractivity contribution is 6.15. The van der Waals surface area contributed by atoms with Crippen LogP contribution in [0, 0.1) is 13.8 Å². The topological polar surface area (TPSA) is 116 Å². The van der Waals surface area contributed by atoms with E-state index >= 15 is 0 Å². The Hall–Kier alpha value is -4.14. The van der Waals surface area contributed by atoms with Crippen molar-refractivity contribution in [3.63, 3.8) is 0 Å². The monoisotopic (exact) mass is 470 g/mol. The van der Waals surface area contributed by atoms with Crippen LogP contribution in [0.15, 0.2) is 71.1 Å². The van der Waals surface area contributed by atoms with Crippen LogP contribution in [0.25, 0.3) is 11.0 Å². The Morgan fingerprint density at radius 1 is 0.943 bits per heavy atom. The summed E-state index contributed by atoms with van der Waals surface area (Å²) in [5, 5.41) is 16.9. The second-order valence-corrected chi connectivity index (χ2v) is 8.69. The fourth-order valence-electron chi connectivity index (χ4n) is 4.28. The van der Waals surface area contributed by atoms with Crippen LogP contribution in [0.2, 0.25) is 0 Å². The molecule has 1 aromatic heterocycles. The zero-order valence-corrected chi connectivity index (χ0v) is 19.4. The Bertz CT molecular complexity index is 1410. The van der Waals surface area contributed by atoms with Gasteiger partial charge in [0, 0.05) is 16.6 Å². The van der Waals surface area contributed by atoms with Crippen LogP contribution in [0.3, 0.4) is 0 Å². The largest absolute Gasteiger partial charge is 0.507 e. The fraction of sp³-hybridized carbons (Fsp3) is 0.185. The van der Waals surface area contributed by atoms with Gasteiger partial charge < -0.3 is 20.2 Å². The Kier molecular flexibility index (Phi) is 5.98. The molecule has 1 aliphatic rings. The van der Waals surface area contributed by atoms with Crippen molar-refractivity contribution < 1.29 is 19.1 Å². The molecule has 0 bridgehead atoms. The van der Waals surface area contributed by atoms with Crippen molar-refractivity contribution in [3.05, 3.63) is 89.2 Å². The third-order valence-corrected chi connectivity index (χ3v) is 6.41. The molecule has 1 fully saturated rings. The van der Waals surface area contributed by atoms with E-state index in [2.05, 4.69) is 21.5 Å². The Morgan fingerprint density at radius 3 is 2.49 bits per heavy atom. The van der Waals surface area contributed by atoms with Crippen LogP contribution in [0.4, 0.5) is 11.4 Å². The quantitative estimate of drug-likeness (QED) is 0.292. The number of aryl methyl sites for hydroxylation is 1. The molecule has 178 valence electrons. The predicted octanol–water partition coefficient (Wildman–Crippen LogP) is 4.55. The number of amides is 2. The third-order valence-electron chi connectivity index (χ3n) is 6.41. The molecule has 4 aromatic rings. The molecule has 1 saturated heterocycles. The molecule has 1 aliphatic heterocycles. The molecule has 0 aliphatic carbocycles. The lowest BCUT2D eigenvalue weighted by Crippen LogP contribution is -2.39. The van der Waals surface area contributed by atoms with Crippen molar-refractivity contribution in [3.8, 4) is 5.75 Å². The number of carbonyl (C=O) groups excluding carboxylic acids is 2. The van der Waals surface area contributed by atoms with Crippen molar-refractivity contribution in [2.45, 2.75) is 32.4 Å². The van der Waals surface area contributed by atoms with E-state index in [0.29, 0.717) is 28.8 Å². The lowest BCUT2D eigenvalue weighted by atomic mass is 9.96. The number of phenolic OH excluding ortho intramolecular Hbond substituents is 1. The van der Waals surface area contributed by atoms with Crippen LogP contribution in [-0.2, 0) is 4.79 Å². The number of hydrogen-bond acceptors (Lipinski definition) is 6. The van der Waals surface area contributed by atoms with Gasteiger partial charge in [-0.3, -0.25) is 9.59 Å². The zero-order chi connectivity index (χ0) is 24.5. The molecule has 5 N–H and O–H groups in total. The number of fused-ring (bicyclic) bond motifs is 1. The summed E-state index contributed by atoms with van der Waals surface area (Å²) in [4.78, 5) is 26.3. The average molecular weight is 471 g/mol. The maximum Gasteiger partial charge on any atom is 0.293 e. The number of furan rings is 1. The van der Waals surface area contributed by atoms with E-state index in [1.54, 1.807) is 30.3 Å². The number of benzene rings is 3. The second kappa shape index (κ2) is 9.25. The first-order chi connectivity index (χ1) is 16.9. The van der Waals surface area contributed by atoms with Crippen molar-refractivity contribution in [1.29, 1.82) is 0 Å². The predicted molar refractivity (Wildman–Crippen MR) is 134 cm³/mol. The van der Waals surface area contributed by atoms with E-state index in [1.807, 2.05) is 50.2 Å². The fourth-order valence-corrected chi connectivity index (χ4v) is 4.28. The summed E-state index contributed by atoms with van der Waals surface area (Å²) in [6.45, 7) is 3.81. The van der Waals surface area contributed by atoms with Gasteiger partial charge in [0.15, 0.2) is 0 Å². The first-order valence-corrected chi connectivity index (χ1v) is 11.4. The SMILES string of the molecule is Cc1ccc(C2CC(C(=O)Nc3c(C(=O)Nc4ccccc4)oc4ccccc34)NN2)c(O)c1C. The third kappa shape index (κ3) is 4.37. The molecule has 3 aromatic carbocycles. The molecule has 5 rings (SSSR count). The molecule has 8 heteroatoms. The zero-order valence-electron chi connectivity index (χ0n) is 19.4. The van der Waals surface area contributed by atoms with Gasteiger partial charge >= 0.3 is 0 Å². The van der Waals surface area contributed by atoms with Gasteiger partial charge in [0.1, 0.15) is 23.1 Å². The first kappa shape index (κ1) is 22.6. The van der Waals surface area contributed by atoms with Crippen molar-refractivity contribution >= 4 is 34.2 Å². The van der Waals surface area contributed by atoms with Crippen LogP contribution in [-0.4, -0.2) is 23.0 Å². The molecule has 0 radical (unpaired) electrons. The molecule has 2 heterocycles. The number of rotatable bonds is 5. The second-order valence-electron chi connectivity index (χ2n) is 8.69. The molecule has 2 unspecified atom stereocenters. The Balaban J connectivity index is 1.38. The molecule has 0 spiro atoms. The van der Waals surface area contributed by atoms with Crippen LogP contribution in [0.1, 0.15) is 39.7 Å². The summed E-state index contributed by atoms with van der Waals surface area (Å²) in [6.07, 6.45) is 0.420. The summed E-state index contributed by atoms with van der Waals surface area (Å²) in [6, 6.07) is 19.2. The number of para-hydroxylation sites is 2. The van der Waals surface area contributed by atoms with E-state index in [4.69, 9.17) is 4.42 Å². The number of nitrogens with one attached hydrogen (secondary N) is 4. The van der Waals surface area contributed by atoms with E-state index < -0.39 is 11.9 Å². The number of carbonyl (C=O) groups is 2. The minimum atomic E-state index is -0.584. The van der Waals surface area contributed by atoms with E-state index in [-0.39, 0.29) is 23.5 Å². The van der Waals surface area contributed by atoms with E-state index in [0.717, 1.165) is 16.7 Å². The summed E-state index contributed by atoms with van der Waals surface area (Å²) in [7, 11) is 0. The Morgan fingerprint density at radius 2 is 1.69 bits per heavy atom. The van der Waals surface area contributed by atoms with Gasteiger partial charge in [-0.1, -0.05) is 42.5 Å². The summed E-state index contributed by atoms with van der Waals surface area (Å²) >= 11 is 0. The molecule has 8 nitrogen and oxygen atoms in total. The minimum Gasteiger partial charge on any atom is -0.507 e. The maximum absolute atomic E-state index is 13.2. The van der Waals surface area contributed by atoms with E-state index in [9.17, 15) is 14.7 Å². The number of aromatic hydroxyl groups is 1. The Labute approximate surface area is 202 Å². The molecule has 2 atom stereocenters. The highest BCUT2D eigenvalue weighted by Gasteiger charge is 2.33. The number of hydrazine groups is 1. The van der Waals surface area contributed by atoms with Gasteiger partial charge in [0.05, 0.1) is 6.04 Å². The molecular formula is C27H26N4O4. The lowest BCUT2D eigenvalue weighted by Gasteiger charge is -2.15. The molecule has 35 heavy (non-hydrogen) atoms. The van der Waals surface area contributed by atoms with Crippen LogP contribution < -0.4 is 21.5 Å². The normalized spacial score (nSPS) is 17.4. The van der Waals surface area contributed by atoms with Gasteiger partial charge in [0.2, 0.25) is 11.7 Å². The molecule has 2 amide bonds. The van der Waals surface area contributed by atoms with Gasteiger partial charge in [-0.05, 0) is 55.7 Å². The standard InChI is InChI=1S/C27H26N4O4/c1-15-12-13-18(24(32)16(15)2)20-14-21(31-30-20)26(33)29-23-19-10-6-7-11-22(19)35-25(23)27(34)28-17-8-4-3-5-9-17/h3-13,20-21,30-32H,14H2,1-2H3,(H,28,34)(H,29,33). The summed E-state index contributed by atoms with van der Waals surface area (Å²) in [5.41, 5.74) is 10.1. The van der Waals surface area contributed by atoms with Crippen molar-refractivity contribution in [1.82, 2.24) is 10.9 Å². The number of anilines is 2. The average Bonchev–Trinajstić information content (AvgIpc) is 3.49. The van der Waals surface area contributed by atoms with Gasteiger partial charge in [-0.15, -0.1) is 0 Å². The maximum atomic E-state index is 13.2. The van der Waals surface area contributed by atoms with Gasteiger partial charge in [-0.2, -0.15) is 0 Å². The number of hydrogen-bond donors (Lipinski definition) is 5. The van der Waals surface area contributed by atoms with Crippen molar-refractivity contribution in [2.75, 3.05) is 10.6 Å².